The fraction of sp³-hybridized carbons (Fsp3) is 0.536. The van der Waals surface area contributed by atoms with Crippen molar-refractivity contribution in [2.45, 2.75) is 43.9 Å². The molecule has 3 aliphatic carbocycles. The van der Waals surface area contributed by atoms with Crippen LogP contribution in [0.3, 0.4) is 0 Å². The Labute approximate surface area is 246 Å². The van der Waals surface area contributed by atoms with Crippen molar-refractivity contribution in [2.75, 3.05) is 40.5 Å². The minimum atomic E-state index is -2.99. The number of carbonyl (C=O) groups is 3. The number of ketones is 2. The molecule has 3 aliphatic rings. The van der Waals surface area contributed by atoms with Crippen LogP contribution in [0.4, 0.5) is 0 Å². The van der Waals surface area contributed by atoms with Crippen LogP contribution in [0.2, 0.25) is 0 Å². The summed E-state index contributed by atoms with van der Waals surface area (Å²) in [5.41, 5.74) is -4.06. The number of likely N-dealkylation sites (N-methyl/N-ethyl adjacent to an activating group) is 1. The maximum absolute atomic E-state index is 13.9. The molecule has 6 N–H and O–H groups in total. The first-order valence-corrected chi connectivity index (χ1v) is 13.8. The van der Waals surface area contributed by atoms with Crippen molar-refractivity contribution in [1.29, 1.82) is 0 Å². The zero-order chi connectivity index (χ0) is 32.0. The number of carbonyl (C=O) groups excluding carboxylic acids is 3. The average molecular weight is 605 g/mol. The molecular weight excluding hydrogens is 568 g/mol. The Kier molecular flexibility index (Phi) is 8.83. The van der Waals surface area contributed by atoms with Gasteiger partial charge in [0.15, 0.2) is 11.4 Å². The number of hydrogen-bond donors (Lipinski definition) is 6. The molecule has 234 valence electrons. The minimum Gasteiger partial charge on any atom is -0.510 e. The highest BCUT2D eigenvalue weighted by Gasteiger charge is 2.67. The van der Waals surface area contributed by atoms with Gasteiger partial charge in [-0.25, -0.2) is 0 Å². The number of amides is 1. The number of fused-ring (bicyclic) bond motifs is 3. The van der Waals surface area contributed by atoms with Crippen LogP contribution in [0.25, 0.3) is 0 Å². The second kappa shape index (κ2) is 11.9. The summed E-state index contributed by atoms with van der Waals surface area (Å²) in [6.07, 6.45) is -1.05. The van der Waals surface area contributed by atoms with Crippen LogP contribution in [0.5, 0.6) is 5.75 Å². The van der Waals surface area contributed by atoms with E-state index in [2.05, 4.69) is 10.2 Å². The normalized spacial score (nSPS) is 28.5. The smallest absolute Gasteiger partial charge is 0.294 e. The molecule has 6 atom stereocenters. The van der Waals surface area contributed by atoms with Crippen LogP contribution in [-0.2, 0) is 14.4 Å². The first-order valence-electron chi connectivity index (χ1n) is 13.8. The number of benzene rings is 1. The van der Waals surface area contributed by atoms with E-state index < -0.39 is 80.7 Å². The minimum absolute atomic E-state index is 0.0511. The van der Waals surface area contributed by atoms with Crippen molar-refractivity contribution in [3.63, 3.8) is 0 Å². The van der Waals surface area contributed by atoms with Gasteiger partial charge in [0.1, 0.15) is 29.4 Å². The summed E-state index contributed by atoms with van der Waals surface area (Å²) in [6.45, 7) is 3.45. The Balaban J connectivity index is 1.77. The quantitative estimate of drug-likeness (QED) is 0.0907. The SMILES string of the molecule is CCCN(CCO[N+](=O)[O-])CNC(=O)C1=C(O)[C@@H](N(C)C)[C@@H]2[C@@H](O)[C@H]3C(=C(O)[C@]2(O)C1=O)C(=O)c1c(O)cccc1[C@@H]3C. The fourth-order valence-corrected chi connectivity index (χ4v) is 6.67. The van der Waals surface area contributed by atoms with Gasteiger partial charge in [-0.2, -0.15) is 0 Å². The van der Waals surface area contributed by atoms with E-state index in [1.54, 1.807) is 17.9 Å². The highest BCUT2D eigenvalue weighted by molar-refractivity contribution is 6.25. The van der Waals surface area contributed by atoms with Crippen LogP contribution in [-0.4, -0.2) is 116 Å². The van der Waals surface area contributed by atoms with E-state index in [0.717, 1.165) is 0 Å². The van der Waals surface area contributed by atoms with Crippen LogP contribution in [0.1, 0.15) is 42.1 Å². The molecule has 15 heteroatoms. The number of nitrogens with one attached hydrogen (secondary N) is 1. The molecule has 43 heavy (non-hydrogen) atoms. The van der Waals surface area contributed by atoms with E-state index in [1.165, 1.54) is 31.1 Å². The van der Waals surface area contributed by atoms with E-state index >= 15 is 0 Å². The predicted octanol–water partition coefficient (Wildman–Crippen LogP) is 0.161. The molecule has 0 fully saturated rings. The predicted molar refractivity (Wildman–Crippen MR) is 148 cm³/mol. The molecule has 1 aromatic carbocycles. The fourth-order valence-electron chi connectivity index (χ4n) is 6.67. The summed E-state index contributed by atoms with van der Waals surface area (Å²) in [7, 11) is 2.97. The van der Waals surface area contributed by atoms with Gasteiger partial charge in [-0.1, -0.05) is 26.0 Å². The van der Waals surface area contributed by atoms with Crippen LogP contribution in [0, 0.1) is 22.0 Å². The molecule has 0 bridgehead atoms. The molecule has 1 aromatic rings. The summed E-state index contributed by atoms with van der Waals surface area (Å²) in [5.74, 6) is -8.97. The molecule has 0 saturated carbocycles. The highest BCUT2D eigenvalue weighted by atomic mass is 16.9. The molecule has 0 radical (unpaired) electrons. The number of hydrogen-bond acceptors (Lipinski definition) is 13. The Morgan fingerprint density at radius 1 is 1.19 bits per heavy atom. The van der Waals surface area contributed by atoms with Gasteiger partial charge in [-0.15, -0.1) is 10.1 Å². The van der Waals surface area contributed by atoms with Crippen molar-refractivity contribution >= 4 is 17.5 Å². The topological polar surface area (TPSA) is 223 Å². The first-order chi connectivity index (χ1) is 20.2. The molecule has 0 unspecified atom stereocenters. The lowest BCUT2D eigenvalue weighted by molar-refractivity contribution is -0.757. The van der Waals surface area contributed by atoms with Gasteiger partial charge in [-0.3, -0.25) is 24.2 Å². The lowest BCUT2D eigenvalue weighted by atomic mass is 9.55. The largest absolute Gasteiger partial charge is 0.510 e. The van der Waals surface area contributed by atoms with Crippen molar-refractivity contribution in [2.24, 2.45) is 11.8 Å². The first kappa shape index (κ1) is 31.9. The van der Waals surface area contributed by atoms with E-state index in [-0.39, 0.29) is 31.1 Å². The van der Waals surface area contributed by atoms with Crippen molar-refractivity contribution < 1.29 is 49.8 Å². The molecule has 4 rings (SSSR count). The van der Waals surface area contributed by atoms with Crippen molar-refractivity contribution in [1.82, 2.24) is 15.1 Å². The summed E-state index contributed by atoms with van der Waals surface area (Å²) in [4.78, 5) is 58.7. The molecule has 0 aliphatic heterocycles. The second-order valence-corrected chi connectivity index (χ2v) is 11.3. The maximum atomic E-state index is 13.9. The average Bonchev–Trinajstić information content (AvgIpc) is 2.93. The number of rotatable bonds is 10. The van der Waals surface area contributed by atoms with Gasteiger partial charge in [0.25, 0.3) is 11.0 Å². The highest BCUT2D eigenvalue weighted by Crippen LogP contribution is 2.55. The molecule has 0 aromatic heterocycles. The standard InChI is InChI=1S/C28H36N4O11/c1-5-9-31(10-11-43-32(41)42)12-29-27(39)19-24(36)21(30(3)4)20-23(35)16-13(2)14-7-6-8-15(33)17(14)22(34)18(16)25(37)28(20,40)26(19)38/h6-8,13,16,20-21,23,33,35-37,40H,5,9-12H2,1-4H3,(H,29,39)/t13-,16+,20+,21-,23-,28-/m0/s1. The summed E-state index contributed by atoms with van der Waals surface area (Å²) in [6, 6.07) is 3.05. The van der Waals surface area contributed by atoms with Crippen LogP contribution >= 0.6 is 0 Å². The third-order valence-electron chi connectivity index (χ3n) is 8.58. The van der Waals surface area contributed by atoms with Gasteiger partial charge in [0.05, 0.1) is 30.3 Å². The summed E-state index contributed by atoms with van der Waals surface area (Å²) >= 11 is 0. The van der Waals surface area contributed by atoms with Gasteiger partial charge in [0, 0.05) is 18.0 Å². The number of phenolic OH excluding ortho intramolecular Hbond substituents is 1. The lowest BCUT2D eigenvalue weighted by Crippen LogP contribution is -2.68. The third-order valence-corrected chi connectivity index (χ3v) is 8.58. The number of nitrogens with zero attached hydrogens (tertiary/aromatic N) is 3. The van der Waals surface area contributed by atoms with Gasteiger partial charge in [-0.05, 0) is 44.6 Å². The van der Waals surface area contributed by atoms with Gasteiger partial charge in [0.2, 0.25) is 5.78 Å². The molecular formula is C28H36N4O11. The number of aromatic hydroxyl groups is 1. The molecule has 0 spiro atoms. The monoisotopic (exact) mass is 604 g/mol. The molecule has 0 saturated heterocycles. The number of aliphatic hydroxyl groups is 4. The zero-order valence-corrected chi connectivity index (χ0v) is 24.2. The second-order valence-electron chi connectivity index (χ2n) is 11.3. The van der Waals surface area contributed by atoms with Gasteiger partial charge >= 0.3 is 0 Å². The number of aliphatic hydroxyl groups excluding tert-OH is 3. The van der Waals surface area contributed by atoms with Crippen molar-refractivity contribution in [3.8, 4) is 5.75 Å². The van der Waals surface area contributed by atoms with E-state index in [9.17, 15) is 50.0 Å². The third kappa shape index (κ3) is 5.11. The van der Waals surface area contributed by atoms with E-state index in [0.29, 0.717) is 18.5 Å². The Morgan fingerprint density at radius 2 is 1.86 bits per heavy atom. The molecule has 1 amide bonds. The maximum Gasteiger partial charge on any atom is 0.294 e. The number of phenols is 1. The lowest BCUT2D eigenvalue weighted by Gasteiger charge is -2.53. The van der Waals surface area contributed by atoms with Crippen LogP contribution < -0.4 is 5.32 Å². The van der Waals surface area contributed by atoms with E-state index in [4.69, 9.17) is 0 Å². The van der Waals surface area contributed by atoms with Gasteiger partial charge < -0.3 is 35.7 Å². The number of Topliss-reactive ketones (excluding diaryl/α,β-unsaturated/α-hetero) is 2. The zero-order valence-electron chi connectivity index (χ0n) is 24.2. The molecule has 15 nitrogen and oxygen atoms in total. The Hall–Kier alpha value is -4.05. The molecule has 0 heterocycles. The van der Waals surface area contributed by atoms with Crippen molar-refractivity contribution in [3.05, 3.63) is 62.1 Å². The Bertz CT molecular complexity index is 1410. The Morgan fingerprint density at radius 3 is 2.47 bits per heavy atom. The van der Waals surface area contributed by atoms with E-state index in [1.807, 2.05) is 6.92 Å². The van der Waals surface area contributed by atoms with Crippen LogP contribution in [0.15, 0.2) is 40.9 Å². The summed E-state index contributed by atoms with van der Waals surface area (Å²) in [5, 5.41) is 69.0. The summed E-state index contributed by atoms with van der Waals surface area (Å²) < 4.78 is 0.